The Morgan fingerprint density at radius 3 is 2.68 bits per heavy atom. The third kappa shape index (κ3) is 5.61. The zero-order chi connectivity index (χ0) is 23.9. The molecule has 1 aliphatic rings. The molecule has 0 bridgehead atoms. The van der Waals surface area contributed by atoms with Gasteiger partial charge >= 0.3 is 5.97 Å². The number of benzene rings is 2. The quantitative estimate of drug-likeness (QED) is 0.221. The lowest BCUT2D eigenvalue weighted by Gasteiger charge is -2.24. The molecule has 0 aliphatic heterocycles. The number of aryl methyl sites for hydroxylation is 1. The number of hydrogen-bond donors (Lipinski definition) is 1. The summed E-state index contributed by atoms with van der Waals surface area (Å²) in [6.45, 7) is 4.98. The van der Waals surface area contributed by atoms with E-state index >= 15 is 0 Å². The van der Waals surface area contributed by atoms with Gasteiger partial charge in [0.25, 0.3) is 0 Å². The summed E-state index contributed by atoms with van der Waals surface area (Å²) in [5.41, 5.74) is 4.10. The van der Waals surface area contributed by atoms with E-state index < -0.39 is 12.1 Å². The van der Waals surface area contributed by atoms with Crippen molar-refractivity contribution in [3.05, 3.63) is 65.9 Å². The summed E-state index contributed by atoms with van der Waals surface area (Å²) in [4.78, 5) is 17.2. The lowest BCUT2D eigenvalue weighted by Crippen LogP contribution is -2.26. The second-order valence-electron chi connectivity index (χ2n) is 9.05. The van der Waals surface area contributed by atoms with Gasteiger partial charge in [-0.05, 0) is 67.5 Å². The number of hydrogen-bond acceptors (Lipinski definition) is 4. The molecule has 1 aromatic heterocycles. The normalized spacial score (nSPS) is 15.9. The number of carbonyl (C=O) groups is 1. The number of oxime groups is 1. The molecule has 6 nitrogen and oxygen atoms in total. The number of aromatic nitrogens is 1. The van der Waals surface area contributed by atoms with Crippen molar-refractivity contribution in [3.8, 4) is 5.75 Å². The van der Waals surface area contributed by atoms with Crippen LogP contribution in [-0.2, 0) is 16.2 Å². The van der Waals surface area contributed by atoms with E-state index in [1.54, 1.807) is 0 Å². The van der Waals surface area contributed by atoms with Gasteiger partial charge in [-0.1, -0.05) is 49.5 Å². The monoisotopic (exact) mass is 462 g/mol. The van der Waals surface area contributed by atoms with Gasteiger partial charge in [-0.15, -0.1) is 0 Å². The molecule has 1 saturated carbocycles. The summed E-state index contributed by atoms with van der Waals surface area (Å²) < 4.78 is 7.93. The van der Waals surface area contributed by atoms with E-state index in [4.69, 9.17) is 9.57 Å². The summed E-state index contributed by atoms with van der Waals surface area (Å²) in [5, 5.41) is 15.2. The van der Waals surface area contributed by atoms with Crippen LogP contribution in [0.4, 0.5) is 0 Å². The first-order valence-electron chi connectivity index (χ1n) is 12.3. The molecule has 1 unspecified atom stereocenters. The minimum atomic E-state index is -0.945. The van der Waals surface area contributed by atoms with Crippen molar-refractivity contribution in [3.63, 3.8) is 0 Å². The number of rotatable bonds is 10. The molecule has 0 spiro atoms. The first kappa shape index (κ1) is 23.9. The smallest absolute Gasteiger partial charge is 0.344 e. The van der Waals surface area contributed by atoms with Gasteiger partial charge in [0.1, 0.15) is 12.4 Å². The second kappa shape index (κ2) is 11.2. The van der Waals surface area contributed by atoms with Crippen LogP contribution < -0.4 is 4.74 Å². The molecular formula is C28H34N2O4. The van der Waals surface area contributed by atoms with Gasteiger partial charge < -0.3 is 19.2 Å². The fourth-order valence-electron chi connectivity index (χ4n) is 4.73. The third-order valence-electron chi connectivity index (χ3n) is 6.64. The van der Waals surface area contributed by atoms with E-state index in [2.05, 4.69) is 34.1 Å². The number of carboxylic acids is 1. The topological polar surface area (TPSA) is 73.0 Å². The average molecular weight is 463 g/mol. The van der Waals surface area contributed by atoms with Gasteiger partial charge in [-0.3, -0.25) is 0 Å². The highest BCUT2D eigenvalue weighted by Gasteiger charge is 2.23. The van der Waals surface area contributed by atoms with E-state index in [-0.39, 0.29) is 0 Å². The van der Waals surface area contributed by atoms with E-state index in [9.17, 15) is 9.90 Å². The minimum absolute atomic E-state index is 0.370. The predicted molar refractivity (Wildman–Crippen MR) is 135 cm³/mol. The Labute approximate surface area is 201 Å². The van der Waals surface area contributed by atoms with Crippen molar-refractivity contribution < 1.29 is 19.5 Å². The van der Waals surface area contributed by atoms with Crippen molar-refractivity contribution in [2.24, 2.45) is 11.1 Å². The summed E-state index contributed by atoms with van der Waals surface area (Å²) in [6.07, 6.45) is 7.55. The molecule has 3 aromatic rings. The van der Waals surface area contributed by atoms with Gasteiger partial charge in [0, 0.05) is 23.2 Å². The highest BCUT2D eigenvalue weighted by atomic mass is 16.6. The molecule has 0 amide bonds. The molecule has 1 aliphatic carbocycles. The Bertz CT molecular complexity index is 1140. The van der Waals surface area contributed by atoms with Crippen LogP contribution in [0.5, 0.6) is 5.75 Å². The first-order chi connectivity index (χ1) is 16.6. The molecular weight excluding hydrogens is 428 g/mol. The van der Waals surface area contributed by atoms with Crippen molar-refractivity contribution in [1.29, 1.82) is 0 Å². The zero-order valence-electron chi connectivity index (χ0n) is 20.1. The van der Waals surface area contributed by atoms with Gasteiger partial charge in [-0.25, -0.2) is 4.79 Å². The van der Waals surface area contributed by atoms with Crippen LogP contribution in [0.15, 0.2) is 59.9 Å². The molecule has 34 heavy (non-hydrogen) atoms. The molecule has 0 radical (unpaired) electrons. The summed E-state index contributed by atoms with van der Waals surface area (Å²) in [6, 6.07) is 16.3. The molecule has 1 N–H and O–H groups in total. The lowest BCUT2D eigenvalue weighted by atomic mass is 9.83. The second-order valence-corrected chi connectivity index (χ2v) is 9.05. The maximum Gasteiger partial charge on any atom is 0.344 e. The Morgan fingerprint density at radius 1 is 1.15 bits per heavy atom. The molecule has 180 valence electrons. The molecule has 1 atom stereocenters. The molecule has 0 saturated heterocycles. The van der Waals surface area contributed by atoms with Gasteiger partial charge in [0.05, 0.1) is 12.3 Å². The van der Waals surface area contributed by atoms with Crippen LogP contribution in [-0.4, -0.2) is 34.1 Å². The van der Waals surface area contributed by atoms with E-state index in [1.165, 1.54) is 30.2 Å². The molecule has 1 heterocycles. The van der Waals surface area contributed by atoms with Crippen molar-refractivity contribution in [1.82, 2.24) is 4.57 Å². The van der Waals surface area contributed by atoms with Crippen molar-refractivity contribution in [2.75, 3.05) is 6.61 Å². The Hall–Kier alpha value is -3.28. The van der Waals surface area contributed by atoms with Gasteiger partial charge in [-0.2, -0.15) is 0 Å². The number of ether oxygens (including phenoxy) is 1. The van der Waals surface area contributed by atoms with Crippen LogP contribution in [0.3, 0.4) is 0 Å². The van der Waals surface area contributed by atoms with Gasteiger partial charge in [0.2, 0.25) is 0 Å². The zero-order valence-corrected chi connectivity index (χ0v) is 20.1. The first-order valence-corrected chi connectivity index (χ1v) is 12.3. The number of para-hydroxylation sites is 1. The van der Waals surface area contributed by atoms with Crippen molar-refractivity contribution in [2.45, 2.75) is 65.0 Å². The van der Waals surface area contributed by atoms with Gasteiger partial charge in [0.15, 0.2) is 6.10 Å². The molecule has 4 rings (SSSR count). The number of fused-ring (bicyclic) bond motifs is 1. The fraction of sp³-hybridized carbons (Fsp3) is 0.429. The van der Waals surface area contributed by atoms with Crippen LogP contribution in [0.25, 0.3) is 10.9 Å². The van der Waals surface area contributed by atoms with E-state index in [0.717, 1.165) is 36.2 Å². The minimum Gasteiger partial charge on any atom is -0.479 e. The van der Waals surface area contributed by atoms with Crippen LogP contribution in [0.1, 0.15) is 56.6 Å². The SMILES string of the molecule is CCC(Oc1ccc(/C(=N\OCCn2ccc3ccccc32)C2CCCCC2)cc1C)C(=O)O. The maximum absolute atomic E-state index is 11.4. The molecule has 1 fully saturated rings. The number of nitrogens with zero attached hydrogens (tertiary/aromatic N) is 2. The fourth-order valence-corrected chi connectivity index (χ4v) is 4.73. The van der Waals surface area contributed by atoms with E-state index in [0.29, 0.717) is 24.7 Å². The van der Waals surface area contributed by atoms with Crippen LogP contribution in [0, 0.1) is 12.8 Å². The Kier molecular flexibility index (Phi) is 7.88. The number of aliphatic carboxylic acids is 1. The summed E-state index contributed by atoms with van der Waals surface area (Å²) in [5.74, 6) is 0.0236. The lowest BCUT2D eigenvalue weighted by molar-refractivity contribution is -0.145. The predicted octanol–water partition coefficient (Wildman–Crippen LogP) is 6.19. The number of carboxylic acid groups (broad SMARTS) is 1. The summed E-state index contributed by atoms with van der Waals surface area (Å²) >= 11 is 0. The largest absolute Gasteiger partial charge is 0.479 e. The molecule has 6 heteroatoms. The maximum atomic E-state index is 11.4. The highest BCUT2D eigenvalue weighted by Crippen LogP contribution is 2.30. The molecule has 2 aromatic carbocycles. The van der Waals surface area contributed by atoms with Crippen LogP contribution in [0.2, 0.25) is 0 Å². The third-order valence-corrected chi connectivity index (χ3v) is 6.64. The van der Waals surface area contributed by atoms with Crippen LogP contribution >= 0.6 is 0 Å². The van der Waals surface area contributed by atoms with E-state index in [1.807, 2.05) is 44.2 Å². The Morgan fingerprint density at radius 2 is 1.94 bits per heavy atom. The van der Waals surface area contributed by atoms with Crippen molar-refractivity contribution >= 4 is 22.6 Å². The Balaban J connectivity index is 1.49. The standard InChI is InChI=1S/C28H34N2O4/c1-3-25(28(31)32)34-26-14-13-23(19-20(26)2)27(22-10-5-4-6-11-22)29-33-18-17-30-16-15-21-9-7-8-12-24(21)30/h7-9,12-16,19,22,25H,3-6,10-11,17-18H2,1-2H3,(H,31,32)/b29-27-. The summed E-state index contributed by atoms with van der Waals surface area (Å²) in [7, 11) is 0. The average Bonchev–Trinajstić information content (AvgIpc) is 3.27. The highest BCUT2D eigenvalue weighted by molar-refractivity contribution is 6.02.